The molecule has 5 rings (SSSR count). The van der Waals surface area contributed by atoms with Gasteiger partial charge in [-0.05, 0) is 71.0 Å². The first kappa shape index (κ1) is 17.1. The maximum atomic E-state index is 2.40. The number of fused-ring (bicyclic) bond motifs is 5. The van der Waals surface area contributed by atoms with Crippen LogP contribution in [-0.4, -0.2) is 4.57 Å². The van der Waals surface area contributed by atoms with Crippen LogP contribution in [0.3, 0.4) is 0 Å². The molecule has 0 N–H and O–H groups in total. The van der Waals surface area contributed by atoms with Gasteiger partial charge in [0.25, 0.3) is 0 Å². The summed E-state index contributed by atoms with van der Waals surface area (Å²) < 4.78 is 2.36. The Balaban J connectivity index is 1.86. The Morgan fingerprint density at radius 2 is 1.75 bits per heavy atom. The lowest BCUT2D eigenvalue weighted by atomic mass is 9.89. The largest absolute Gasteiger partial charge is 0.316 e. The van der Waals surface area contributed by atoms with Gasteiger partial charge in [0.05, 0.1) is 5.69 Å². The second-order valence-corrected chi connectivity index (χ2v) is 7.74. The van der Waals surface area contributed by atoms with E-state index in [0.29, 0.717) is 0 Å². The Morgan fingerprint density at radius 3 is 2.57 bits per heavy atom. The highest BCUT2D eigenvalue weighted by Crippen LogP contribution is 2.42. The van der Waals surface area contributed by atoms with Crippen molar-refractivity contribution < 1.29 is 0 Å². The van der Waals surface area contributed by atoms with Gasteiger partial charge in [0.15, 0.2) is 0 Å². The molecule has 0 spiro atoms. The lowest BCUT2D eigenvalue weighted by Gasteiger charge is -2.18. The molecule has 0 amide bonds. The number of para-hydroxylation sites is 1. The lowest BCUT2D eigenvalue weighted by molar-refractivity contribution is 0.929. The van der Waals surface area contributed by atoms with Gasteiger partial charge in [0.2, 0.25) is 0 Å². The summed E-state index contributed by atoms with van der Waals surface area (Å²) in [5.41, 5.74) is 9.57. The smallest absolute Gasteiger partial charge is 0.0569 e. The minimum Gasteiger partial charge on any atom is -0.316 e. The van der Waals surface area contributed by atoms with E-state index < -0.39 is 0 Å². The average Bonchev–Trinajstić information content (AvgIpc) is 3.10. The summed E-state index contributed by atoms with van der Waals surface area (Å²) in [6.07, 6.45) is 7.89. The van der Waals surface area contributed by atoms with Gasteiger partial charge in [-0.15, -0.1) is 0 Å². The molecule has 1 aliphatic carbocycles. The van der Waals surface area contributed by atoms with E-state index in [2.05, 4.69) is 97.4 Å². The van der Waals surface area contributed by atoms with Gasteiger partial charge >= 0.3 is 0 Å². The molecule has 28 heavy (non-hydrogen) atoms. The van der Waals surface area contributed by atoms with Crippen LogP contribution in [0.2, 0.25) is 0 Å². The van der Waals surface area contributed by atoms with Crippen molar-refractivity contribution in [2.75, 3.05) is 0 Å². The fourth-order valence-corrected chi connectivity index (χ4v) is 4.65. The minimum atomic E-state index is 0.979. The normalized spacial score (nSPS) is 13.0. The van der Waals surface area contributed by atoms with E-state index in [4.69, 9.17) is 0 Å². The van der Waals surface area contributed by atoms with E-state index >= 15 is 0 Å². The van der Waals surface area contributed by atoms with Crippen LogP contribution in [0, 0.1) is 0 Å². The van der Waals surface area contributed by atoms with Crippen molar-refractivity contribution in [1.82, 2.24) is 4.57 Å². The summed E-state index contributed by atoms with van der Waals surface area (Å²) >= 11 is 0. The molecule has 0 fully saturated rings. The first-order valence-corrected chi connectivity index (χ1v) is 10.3. The van der Waals surface area contributed by atoms with Gasteiger partial charge in [-0.2, -0.15) is 0 Å². The second-order valence-electron chi connectivity index (χ2n) is 7.74. The molecular formula is C27H25N. The van der Waals surface area contributed by atoms with Gasteiger partial charge in [-0.1, -0.05) is 68.0 Å². The minimum absolute atomic E-state index is 0.979. The summed E-state index contributed by atoms with van der Waals surface area (Å²) in [6, 6.07) is 24.4. The number of benzene rings is 3. The monoisotopic (exact) mass is 363 g/mol. The number of rotatable bonds is 3. The first-order chi connectivity index (χ1) is 13.8. The summed E-state index contributed by atoms with van der Waals surface area (Å²) in [5.74, 6) is 0. The van der Waals surface area contributed by atoms with Gasteiger partial charge in [-0.25, -0.2) is 0 Å². The molecular weight excluding hydrogens is 338 g/mol. The predicted octanol–water partition coefficient (Wildman–Crippen LogP) is 7.21. The molecule has 0 saturated heterocycles. The van der Waals surface area contributed by atoms with E-state index in [1.165, 1.54) is 50.0 Å². The molecule has 1 heterocycles. The Morgan fingerprint density at radius 1 is 0.893 bits per heavy atom. The van der Waals surface area contributed by atoms with E-state index in [-0.39, 0.29) is 0 Å². The van der Waals surface area contributed by atoms with Crippen molar-refractivity contribution >= 4 is 16.3 Å². The lowest BCUT2D eigenvalue weighted by Crippen LogP contribution is -1.99. The SMILES string of the molecule is CCCc1cccc2ccc3c(c12)C(C)=CCc1ccn(-c2ccccc2)c1-3. The highest BCUT2D eigenvalue weighted by Gasteiger charge is 2.21. The number of hydrogen-bond acceptors (Lipinski definition) is 0. The Bertz CT molecular complexity index is 1190. The van der Waals surface area contributed by atoms with Crippen molar-refractivity contribution in [1.29, 1.82) is 0 Å². The third-order valence-corrected chi connectivity index (χ3v) is 5.93. The molecule has 1 aliphatic rings. The Hall–Kier alpha value is -3.06. The van der Waals surface area contributed by atoms with Gasteiger partial charge in [0, 0.05) is 17.4 Å². The van der Waals surface area contributed by atoms with Crippen LogP contribution in [0.5, 0.6) is 0 Å². The molecule has 0 atom stereocenters. The zero-order chi connectivity index (χ0) is 19.1. The predicted molar refractivity (Wildman–Crippen MR) is 120 cm³/mol. The van der Waals surface area contributed by atoms with Gasteiger partial charge < -0.3 is 4.57 Å². The fraction of sp³-hybridized carbons (Fsp3) is 0.185. The van der Waals surface area contributed by atoms with E-state index in [0.717, 1.165) is 19.3 Å². The zero-order valence-electron chi connectivity index (χ0n) is 16.6. The first-order valence-electron chi connectivity index (χ1n) is 10.3. The van der Waals surface area contributed by atoms with Crippen molar-refractivity contribution in [3.8, 4) is 16.9 Å². The van der Waals surface area contributed by atoms with Gasteiger partial charge in [-0.3, -0.25) is 0 Å². The van der Waals surface area contributed by atoms with Crippen molar-refractivity contribution in [3.05, 3.63) is 95.7 Å². The molecule has 0 radical (unpaired) electrons. The van der Waals surface area contributed by atoms with Crippen LogP contribution >= 0.6 is 0 Å². The molecule has 3 aromatic carbocycles. The van der Waals surface area contributed by atoms with Crippen molar-refractivity contribution in [2.24, 2.45) is 0 Å². The van der Waals surface area contributed by atoms with Crippen LogP contribution in [0.4, 0.5) is 0 Å². The molecule has 4 aromatic rings. The topological polar surface area (TPSA) is 4.93 Å². The van der Waals surface area contributed by atoms with E-state index in [9.17, 15) is 0 Å². The molecule has 1 nitrogen and oxygen atoms in total. The molecule has 1 aromatic heterocycles. The maximum Gasteiger partial charge on any atom is 0.0569 e. The van der Waals surface area contributed by atoms with Crippen LogP contribution < -0.4 is 0 Å². The third-order valence-electron chi connectivity index (χ3n) is 5.93. The molecule has 1 heteroatoms. The quantitative estimate of drug-likeness (QED) is 0.362. The standard InChI is InChI=1S/C27H25N/c1-3-8-20-9-7-10-21-15-16-24-25(26(20)21)19(2)13-14-22-17-18-28(27(22)24)23-11-5-4-6-12-23/h4-7,9-13,15-18H,3,8,14H2,1-2H3. The van der Waals surface area contributed by atoms with Crippen molar-refractivity contribution in [2.45, 2.75) is 33.1 Å². The number of nitrogens with zero attached hydrogens (tertiary/aromatic N) is 1. The molecule has 0 bridgehead atoms. The molecule has 138 valence electrons. The molecule has 0 aliphatic heterocycles. The van der Waals surface area contributed by atoms with Crippen LogP contribution in [0.15, 0.2) is 79.0 Å². The Labute approximate surface area is 167 Å². The molecule has 0 unspecified atom stereocenters. The van der Waals surface area contributed by atoms with Crippen LogP contribution in [0.25, 0.3) is 33.3 Å². The number of allylic oxidation sites excluding steroid dienone is 2. The summed E-state index contributed by atoms with van der Waals surface area (Å²) in [6.45, 7) is 4.54. The van der Waals surface area contributed by atoms with E-state index in [1.807, 2.05) is 0 Å². The van der Waals surface area contributed by atoms with Crippen LogP contribution in [-0.2, 0) is 12.8 Å². The number of hydrogen-bond donors (Lipinski definition) is 0. The highest BCUT2D eigenvalue weighted by atomic mass is 15.0. The number of aromatic nitrogens is 1. The van der Waals surface area contributed by atoms with Crippen molar-refractivity contribution in [3.63, 3.8) is 0 Å². The fourth-order valence-electron chi connectivity index (χ4n) is 4.65. The second kappa shape index (κ2) is 6.83. The number of aryl methyl sites for hydroxylation is 1. The molecule has 0 saturated carbocycles. The average molecular weight is 364 g/mol. The summed E-state index contributed by atoms with van der Waals surface area (Å²) in [7, 11) is 0. The summed E-state index contributed by atoms with van der Waals surface area (Å²) in [4.78, 5) is 0. The third kappa shape index (κ3) is 2.62. The maximum absolute atomic E-state index is 2.40. The summed E-state index contributed by atoms with van der Waals surface area (Å²) in [5, 5.41) is 2.78. The Kier molecular flexibility index (Phi) is 4.16. The van der Waals surface area contributed by atoms with E-state index in [1.54, 1.807) is 0 Å². The zero-order valence-corrected chi connectivity index (χ0v) is 16.6. The highest BCUT2D eigenvalue weighted by molar-refractivity contribution is 6.02. The van der Waals surface area contributed by atoms with Crippen LogP contribution in [0.1, 0.15) is 37.0 Å². The van der Waals surface area contributed by atoms with Gasteiger partial charge in [0.1, 0.15) is 0 Å².